The number of methoxy groups -OCH3 is 1. The first-order valence-electron chi connectivity index (χ1n) is 12.7. The maximum absolute atomic E-state index is 13.3. The van der Waals surface area contributed by atoms with Gasteiger partial charge >= 0.3 is 0 Å². The lowest BCUT2D eigenvalue weighted by Gasteiger charge is -2.29. The number of nitrogens with zero attached hydrogens (tertiary/aromatic N) is 1. The van der Waals surface area contributed by atoms with Gasteiger partial charge in [-0.3, -0.25) is 14.6 Å². The highest BCUT2D eigenvalue weighted by atomic mass is 16.5. The van der Waals surface area contributed by atoms with Gasteiger partial charge < -0.3 is 10.1 Å². The van der Waals surface area contributed by atoms with Crippen LogP contribution in [0.5, 0.6) is 5.75 Å². The van der Waals surface area contributed by atoms with Crippen LogP contribution in [-0.2, 0) is 6.42 Å². The first kappa shape index (κ1) is 25.2. The summed E-state index contributed by atoms with van der Waals surface area (Å²) in [6.45, 7) is 4.15. The molecule has 0 saturated carbocycles. The van der Waals surface area contributed by atoms with Crippen LogP contribution in [0, 0.1) is 0 Å². The molecule has 0 unspecified atom stereocenters. The monoisotopic (exact) mass is 502 g/mol. The van der Waals surface area contributed by atoms with E-state index in [1.165, 1.54) is 0 Å². The normalized spacial score (nSPS) is 13.7. The first-order chi connectivity index (χ1) is 18.3. The van der Waals surface area contributed by atoms with Gasteiger partial charge in [0.15, 0.2) is 5.78 Å². The number of aliphatic imine (C=N–C) groups is 1. The Labute approximate surface area is 223 Å². The van der Waals surface area contributed by atoms with Crippen LogP contribution in [0.4, 0.5) is 5.69 Å². The highest BCUT2D eigenvalue weighted by Crippen LogP contribution is 2.31. The van der Waals surface area contributed by atoms with E-state index in [-0.39, 0.29) is 23.7 Å². The van der Waals surface area contributed by atoms with Gasteiger partial charge in [0.05, 0.1) is 24.8 Å². The van der Waals surface area contributed by atoms with Crippen LogP contribution in [-0.4, -0.2) is 30.1 Å². The molecule has 5 nitrogen and oxygen atoms in total. The molecule has 0 spiro atoms. The summed E-state index contributed by atoms with van der Waals surface area (Å²) in [6, 6.07) is 30.5. The van der Waals surface area contributed by atoms with E-state index in [1.54, 1.807) is 43.5 Å². The van der Waals surface area contributed by atoms with Gasteiger partial charge in [-0.05, 0) is 73.4 Å². The molecule has 0 fully saturated rings. The molecule has 0 radical (unpaired) electrons. The van der Waals surface area contributed by atoms with E-state index in [2.05, 4.69) is 25.2 Å². The number of ether oxygens (including phenoxy) is 1. The van der Waals surface area contributed by atoms with E-state index >= 15 is 0 Å². The highest BCUT2D eigenvalue weighted by molar-refractivity contribution is 6.17. The first-order valence-corrected chi connectivity index (χ1v) is 12.7. The van der Waals surface area contributed by atoms with E-state index < -0.39 is 0 Å². The zero-order valence-corrected chi connectivity index (χ0v) is 21.8. The lowest BCUT2D eigenvalue weighted by atomic mass is 9.85. The Balaban J connectivity index is 1.31. The molecule has 38 heavy (non-hydrogen) atoms. The summed E-state index contributed by atoms with van der Waals surface area (Å²) < 4.78 is 5.41. The SMILES string of the molecule is COc1ccc2c(c1)C(CC(=O)c1cccc(NC(=O)c3ccc(-c4ccccc4)cc3)c1)=NC(C)(C)C2. The van der Waals surface area contributed by atoms with Crippen LogP contribution in [0.3, 0.4) is 0 Å². The highest BCUT2D eigenvalue weighted by Gasteiger charge is 2.28. The van der Waals surface area contributed by atoms with E-state index in [0.29, 0.717) is 16.8 Å². The molecule has 1 N–H and O–H groups in total. The van der Waals surface area contributed by atoms with Crippen molar-refractivity contribution >= 4 is 23.1 Å². The molecular formula is C33H30N2O3. The predicted molar refractivity (Wildman–Crippen MR) is 153 cm³/mol. The van der Waals surface area contributed by atoms with Gasteiger partial charge in [-0.15, -0.1) is 0 Å². The second kappa shape index (κ2) is 10.5. The van der Waals surface area contributed by atoms with Crippen LogP contribution in [0.25, 0.3) is 11.1 Å². The van der Waals surface area contributed by atoms with E-state index in [0.717, 1.165) is 40.1 Å². The number of carbonyl (C=O) groups excluding carboxylic acids is 2. The quantitative estimate of drug-likeness (QED) is 0.276. The summed E-state index contributed by atoms with van der Waals surface area (Å²) in [7, 11) is 1.63. The number of amides is 1. The van der Waals surface area contributed by atoms with Gasteiger partial charge in [0.1, 0.15) is 5.75 Å². The largest absolute Gasteiger partial charge is 0.497 e. The zero-order chi connectivity index (χ0) is 26.7. The zero-order valence-electron chi connectivity index (χ0n) is 21.8. The Hall–Kier alpha value is -4.51. The average Bonchev–Trinajstić information content (AvgIpc) is 2.93. The number of hydrogen-bond donors (Lipinski definition) is 1. The van der Waals surface area contributed by atoms with Crippen molar-refractivity contribution in [3.05, 3.63) is 119 Å². The number of fused-ring (bicyclic) bond motifs is 1. The molecule has 0 saturated heterocycles. The Morgan fingerprint density at radius 2 is 1.58 bits per heavy atom. The molecular weight excluding hydrogens is 472 g/mol. The summed E-state index contributed by atoms with van der Waals surface area (Å²) >= 11 is 0. The number of benzene rings is 4. The second-order valence-electron chi connectivity index (χ2n) is 10.1. The molecule has 1 amide bonds. The van der Waals surface area contributed by atoms with Crippen molar-refractivity contribution in [2.45, 2.75) is 32.2 Å². The lowest BCUT2D eigenvalue weighted by molar-refractivity contribution is 0.0996. The van der Waals surface area contributed by atoms with Crippen molar-refractivity contribution in [2.75, 3.05) is 12.4 Å². The number of Topliss-reactive ketones (excluding diaryl/α,β-unsaturated/α-hetero) is 1. The van der Waals surface area contributed by atoms with Crippen LogP contribution >= 0.6 is 0 Å². The van der Waals surface area contributed by atoms with Gasteiger partial charge in [-0.1, -0.05) is 60.7 Å². The van der Waals surface area contributed by atoms with Crippen molar-refractivity contribution in [3.8, 4) is 16.9 Å². The Morgan fingerprint density at radius 3 is 2.32 bits per heavy atom. The molecule has 4 aromatic rings. The number of hydrogen-bond acceptors (Lipinski definition) is 4. The van der Waals surface area contributed by atoms with Gasteiger partial charge in [0.25, 0.3) is 5.91 Å². The van der Waals surface area contributed by atoms with Crippen molar-refractivity contribution in [3.63, 3.8) is 0 Å². The molecule has 1 aliphatic heterocycles. The molecule has 4 aromatic carbocycles. The van der Waals surface area contributed by atoms with E-state index in [1.807, 2.05) is 54.6 Å². The minimum Gasteiger partial charge on any atom is -0.497 e. The third-order valence-corrected chi connectivity index (χ3v) is 6.71. The van der Waals surface area contributed by atoms with Gasteiger partial charge in [-0.2, -0.15) is 0 Å². The minimum absolute atomic E-state index is 0.0569. The lowest BCUT2D eigenvalue weighted by Crippen LogP contribution is -2.30. The summed E-state index contributed by atoms with van der Waals surface area (Å²) in [5.74, 6) is 0.456. The van der Waals surface area contributed by atoms with Crippen LogP contribution in [0.15, 0.2) is 102 Å². The fourth-order valence-electron chi connectivity index (χ4n) is 4.84. The molecule has 1 aliphatic rings. The smallest absolute Gasteiger partial charge is 0.255 e. The van der Waals surface area contributed by atoms with E-state index in [9.17, 15) is 9.59 Å². The fourth-order valence-corrected chi connectivity index (χ4v) is 4.84. The standard InChI is InChI=1S/C33H30N2O3/c1-33(2)21-26-16-17-28(38-3)19-29(26)30(35-33)20-31(36)25-10-7-11-27(18-25)34-32(37)24-14-12-23(13-15-24)22-8-5-4-6-9-22/h4-19H,20-21H2,1-3H3,(H,34,37). The third kappa shape index (κ3) is 5.57. The summed E-state index contributed by atoms with van der Waals surface area (Å²) in [5, 5.41) is 2.92. The van der Waals surface area contributed by atoms with Crippen molar-refractivity contribution in [2.24, 2.45) is 4.99 Å². The molecule has 0 aliphatic carbocycles. The van der Waals surface area contributed by atoms with Crippen molar-refractivity contribution < 1.29 is 14.3 Å². The Bertz CT molecular complexity index is 1520. The summed E-state index contributed by atoms with van der Waals surface area (Å²) in [6.07, 6.45) is 0.972. The number of rotatable bonds is 7. The molecule has 0 bridgehead atoms. The number of anilines is 1. The minimum atomic E-state index is -0.289. The maximum atomic E-state index is 13.3. The maximum Gasteiger partial charge on any atom is 0.255 e. The third-order valence-electron chi connectivity index (χ3n) is 6.71. The molecule has 0 aromatic heterocycles. The summed E-state index contributed by atoms with van der Waals surface area (Å²) in [5.41, 5.74) is 6.37. The van der Waals surface area contributed by atoms with Crippen LogP contribution < -0.4 is 10.1 Å². The van der Waals surface area contributed by atoms with Crippen molar-refractivity contribution in [1.29, 1.82) is 0 Å². The molecule has 1 heterocycles. The van der Waals surface area contributed by atoms with Gasteiger partial charge in [-0.25, -0.2) is 0 Å². The van der Waals surface area contributed by atoms with Gasteiger partial charge in [0.2, 0.25) is 0 Å². The molecule has 5 rings (SSSR count). The molecule has 0 atom stereocenters. The average molecular weight is 503 g/mol. The molecule has 190 valence electrons. The topological polar surface area (TPSA) is 67.8 Å². The second-order valence-corrected chi connectivity index (χ2v) is 10.1. The fraction of sp³-hybridized carbons (Fsp3) is 0.182. The number of ketones is 1. The van der Waals surface area contributed by atoms with Crippen molar-refractivity contribution in [1.82, 2.24) is 0 Å². The van der Waals surface area contributed by atoms with Gasteiger partial charge in [0, 0.05) is 22.4 Å². The van der Waals surface area contributed by atoms with E-state index in [4.69, 9.17) is 9.73 Å². The number of nitrogens with one attached hydrogen (secondary N) is 1. The molecule has 5 heteroatoms. The predicted octanol–water partition coefficient (Wildman–Crippen LogP) is 7.01. The summed E-state index contributed by atoms with van der Waals surface area (Å²) in [4.78, 5) is 31.2. The number of carbonyl (C=O) groups is 2. The van der Waals surface area contributed by atoms with Crippen LogP contribution in [0.1, 0.15) is 52.1 Å². The Kier molecular flexibility index (Phi) is 6.93. The van der Waals surface area contributed by atoms with Crippen LogP contribution in [0.2, 0.25) is 0 Å². The Morgan fingerprint density at radius 1 is 0.842 bits per heavy atom.